The molecule has 0 aromatic rings. The van der Waals surface area contributed by atoms with E-state index in [1.54, 1.807) is 6.92 Å². The van der Waals surface area contributed by atoms with E-state index in [4.69, 9.17) is 0 Å². The minimum absolute atomic E-state index is 0.115. The Labute approximate surface area is 81.4 Å². The van der Waals surface area contributed by atoms with E-state index in [2.05, 4.69) is 25.4 Å². The molecule has 0 unspecified atom stereocenters. The number of rotatable bonds is 1. The van der Waals surface area contributed by atoms with Crippen LogP contribution in [-0.4, -0.2) is 11.9 Å². The van der Waals surface area contributed by atoms with Crippen molar-refractivity contribution < 1.29 is 4.79 Å². The average molecular weight is 183 g/mol. The molecule has 2 heteroatoms. The molecule has 1 aliphatic carbocycles. The molecule has 0 aromatic heterocycles. The molecule has 1 rings (SSSR count). The summed E-state index contributed by atoms with van der Waals surface area (Å²) >= 11 is 0. The maximum atomic E-state index is 10.7. The summed E-state index contributed by atoms with van der Waals surface area (Å²) in [7, 11) is 0. The highest BCUT2D eigenvalue weighted by molar-refractivity contribution is 5.73. The normalized spacial score (nSPS) is 26.9. The van der Waals surface area contributed by atoms with Crippen molar-refractivity contribution in [2.24, 2.45) is 5.92 Å². The first-order valence-electron chi connectivity index (χ1n) is 4.95. The average Bonchev–Trinajstić information content (AvgIpc) is 2.06. The van der Waals surface area contributed by atoms with Gasteiger partial charge in [0, 0.05) is 13.0 Å². The van der Waals surface area contributed by atoms with Crippen LogP contribution in [0.3, 0.4) is 0 Å². The number of amides is 1. The van der Waals surface area contributed by atoms with Crippen LogP contribution in [0.15, 0.2) is 13.2 Å². The van der Waals surface area contributed by atoms with Gasteiger partial charge >= 0.3 is 0 Å². The van der Waals surface area contributed by atoms with Gasteiger partial charge in [-0.25, -0.2) is 0 Å². The maximum absolute atomic E-state index is 10.7. The van der Waals surface area contributed by atoms with Crippen LogP contribution in [0.4, 0.5) is 0 Å². The van der Waals surface area contributed by atoms with Gasteiger partial charge in [0.25, 0.3) is 0 Å². The highest BCUT2D eigenvalue weighted by Crippen LogP contribution is 2.23. The summed E-state index contributed by atoms with van der Waals surface area (Å²) < 4.78 is 0. The summed E-state index contributed by atoms with van der Waals surface area (Å²) in [6.45, 7) is 9.85. The number of nitrogens with one attached hydrogen (secondary N) is 1. The van der Waals surface area contributed by atoms with E-state index in [1.807, 2.05) is 0 Å². The minimum Gasteiger partial charge on any atom is -0.354 e. The van der Waals surface area contributed by atoms with E-state index in [1.165, 1.54) is 25.7 Å². The van der Waals surface area contributed by atoms with Gasteiger partial charge < -0.3 is 5.32 Å². The SMILES string of the molecule is C=C.CC(=O)N[C@@H]1CCC[C@H](C)C1. The molecule has 1 N–H and O–H groups in total. The third-order valence-electron chi connectivity index (χ3n) is 2.34. The fraction of sp³-hybridized carbons (Fsp3) is 0.727. The smallest absolute Gasteiger partial charge is 0.217 e. The van der Waals surface area contributed by atoms with E-state index >= 15 is 0 Å². The summed E-state index contributed by atoms with van der Waals surface area (Å²) in [5.41, 5.74) is 0. The second-order valence-electron chi connectivity index (χ2n) is 3.67. The lowest BCUT2D eigenvalue weighted by Crippen LogP contribution is -2.36. The van der Waals surface area contributed by atoms with Crippen LogP contribution in [-0.2, 0) is 4.79 Å². The molecule has 0 heterocycles. The largest absolute Gasteiger partial charge is 0.354 e. The van der Waals surface area contributed by atoms with Gasteiger partial charge in [-0.15, -0.1) is 13.2 Å². The number of carbonyl (C=O) groups excluding carboxylic acids is 1. The van der Waals surface area contributed by atoms with Crippen molar-refractivity contribution >= 4 is 5.91 Å². The molecule has 76 valence electrons. The van der Waals surface area contributed by atoms with Crippen LogP contribution in [0.5, 0.6) is 0 Å². The Morgan fingerprint density at radius 2 is 2.00 bits per heavy atom. The Kier molecular flexibility index (Phi) is 6.29. The first-order chi connectivity index (χ1) is 6.18. The van der Waals surface area contributed by atoms with Crippen molar-refractivity contribution in [1.29, 1.82) is 0 Å². The molecular formula is C11H21NO. The highest BCUT2D eigenvalue weighted by atomic mass is 16.1. The molecule has 2 nitrogen and oxygen atoms in total. The predicted molar refractivity (Wildman–Crippen MR) is 56.5 cm³/mol. The van der Waals surface area contributed by atoms with E-state index in [-0.39, 0.29) is 5.91 Å². The topological polar surface area (TPSA) is 29.1 Å². The Bertz CT molecular complexity index is 156. The van der Waals surface area contributed by atoms with E-state index < -0.39 is 0 Å². The molecule has 0 radical (unpaired) electrons. The molecule has 0 spiro atoms. The maximum Gasteiger partial charge on any atom is 0.217 e. The fourth-order valence-corrected chi connectivity index (χ4v) is 1.85. The molecule has 1 fully saturated rings. The third-order valence-corrected chi connectivity index (χ3v) is 2.34. The van der Waals surface area contributed by atoms with Gasteiger partial charge in [0.1, 0.15) is 0 Å². The summed E-state index contributed by atoms with van der Waals surface area (Å²) in [5.74, 6) is 0.907. The molecule has 0 bridgehead atoms. The van der Waals surface area contributed by atoms with Crippen LogP contribution < -0.4 is 5.32 Å². The van der Waals surface area contributed by atoms with E-state index in [0.717, 1.165) is 5.92 Å². The Balaban J connectivity index is 0.000000671. The summed E-state index contributed by atoms with van der Waals surface area (Å²) in [4.78, 5) is 10.7. The number of hydrogen-bond donors (Lipinski definition) is 1. The summed E-state index contributed by atoms with van der Waals surface area (Å²) in [6, 6.07) is 0.455. The fourth-order valence-electron chi connectivity index (χ4n) is 1.85. The van der Waals surface area contributed by atoms with Crippen molar-refractivity contribution in [3.05, 3.63) is 13.2 Å². The second-order valence-corrected chi connectivity index (χ2v) is 3.67. The lowest BCUT2D eigenvalue weighted by molar-refractivity contribution is -0.119. The van der Waals surface area contributed by atoms with Crippen LogP contribution in [0.25, 0.3) is 0 Å². The van der Waals surface area contributed by atoms with Crippen LogP contribution in [0.1, 0.15) is 39.5 Å². The van der Waals surface area contributed by atoms with Gasteiger partial charge in [0.05, 0.1) is 0 Å². The Morgan fingerprint density at radius 3 is 2.46 bits per heavy atom. The van der Waals surface area contributed by atoms with Crippen molar-refractivity contribution in [3.8, 4) is 0 Å². The van der Waals surface area contributed by atoms with Gasteiger partial charge in [-0.05, 0) is 18.8 Å². The standard InChI is InChI=1S/C9H17NO.C2H4/c1-7-4-3-5-9(6-7)10-8(2)11;1-2/h7,9H,3-6H2,1-2H3,(H,10,11);1-2H2/t7-,9+;/m0./s1. The van der Waals surface area contributed by atoms with Gasteiger partial charge in [-0.3, -0.25) is 4.79 Å². The van der Waals surface area contributed by atoms with E-state index in [0.29, 0.717) is 6.04 Å². The lowest BCUT2D eigenvalue weighted by atomic mass is 9.87. The highest BCUT2D eigenvalue weighted by Gasteiger charge is 2.18. The Hall–Kier alpha value is -0.790. The molecule has 1 saturated carbocycles. The predicted octanol–water partition coefficient (Wildman–Crippen LogP) is 2.50. The molecule has 1 aliphatic rings. The molecular weight excluding hydrogens is 162 g/mol. The first kappa shape index (κ1) is 12.2. The summed E-state index contributed by atoms with van der Waals surface area (Å²) in [6.07, 6.45) is 4.94. The van der Waals surface area contributed by atoms with E-state index in [9.17, 15) is 4.79 Å². The van der Waals surface area contributed by atoms with Crippen LogP contribution in [0, 0.1) is 5.92 Å². The zero-order valence-electron chi connectivity index (χ0n) is 8.81. The molecule has 0 aliphatic heterocycles. The monoisotopic (exact) mass is 183 g/mol. The molecule has 0 aromatic carbocycles. The van der Waals surface area contributed by atoms with Gasteiger partial charge in [0.2, 0.25) is 5.91 Å². The molecule has 1 amide bonds. The van der Waals surface area contributed by atoms with Crippen LogP contribution in [0.2, 0.25) is 0 Å². The zero-order chi connectivity index (χ0) is 10.3. The van der Waals surface area contributed by atoms with Crippen molar-refractivity contribution in [2.45, 2.75) is 45.6 Å². The Morgan fingerprint density at radius 1 is 1.38 bits per heavy atom. The molecule has 2 atom stereocenters. The molecule has 0 saturated heterocycles. The van der Waals surface area contributed by atoms with Crippen molar-refractivity contribution in [2.75, 3.05) is 0 Å². The second kappa shape index (κ2) is 6.70. The molecule has 13 heavy (non-hydrogen) atoms. The zero-order valence-corrected chi connectivity index (χ0v) is 8.81. The van der Waals surface area contributed by atoms with Gasteiger partial charge in [0.15, 0.2) is 0 Å². The lowest BCUT2D eigenvalue weighted by Gasteiger charge is -2.26. The van der Waals surface area contributed by atoms with Crippen LogP contribution >= 0.6 is 0 Å². The minimum atomic E-state index is 0.115. The van der Waals surface area contributed by atoms with Gasteiger partial charge in [-0.2, -0.15) is 0 Å². The number of hydrogen-bond acceptors (Lipinski definition) is 1. The van der Waals surface area contributed by atoms with Gasteiger partial charge in [-0.1, -0.05) is 19.8 Å². The summed E-state index contributed by atoms with van der Waals surface area (Å²) in [5, 5.41) is 2.97. The quantitative estimate of drug-likeness (QED) is 0.622. The third kappa shape index (κ3) is 5.45. The number of carbonyl (C=O) groups is 1. The first-order valence-corrected chi connectivity index (χ1v) is 4.95. The van der Waals surface area contributed by atoms with Crippen molar-refractivity contribution in [1.82, 2.24) is 5.32 Å². The van der Waals surface area contributed by atoms with Crippen molar-refractivity contribution in [3.63, 3.8) is 0 Å².